The molecule has 0 saturated carbocycles. The van der Waals surface area contributed by atoms with Crippen molar-refractivity contribution in [2.24, 2.45) is 0 Å². The van der Waals surface area contributed by atoms with Gasteiger partial charge in [0.2, 0.25) is 0 Å². The van der Waals surface area contributed by atoms with Crippen molar-refractivity contribution in [1.29, 1.82) is 0 Å². The molecule has 0 saturated heterocycles. The van der Waals surface area contributed by atoms with E-state index in [4.69, 9.17) is 14.7 Å². The Morgan fingerprint density at radius 1 is 0.447 bits per heavy atom. The number of pyridine rings is 2. The number of benzene rings is 6. The van der Waals surface area contributed by atoms with Crippen molar-refractivity contribution in [1.82, 2.24) is 9.97 Å². The van der Waals surface area contributed by atoms with Crippen LogP contribution in [-0.2, 0) is 26.5 Å². The zero-order valence-corrected chi connectivity index (χ0v) is 27.4. The van der Waals surface area contributed by atoms with Crippen LogP contribution in [0.1, 0.15) is 22.5 Å². The van der Waals surface area contributed by atoms with Crippen molar-refractivity contribution in [2.75, 3.05) is 0 Å². The van der Waals surface area contributed by atoms with Gasteiger partial charge in [0.15, 0.2) is 0 Å². The Labute approximate surface area is 287 Å². The SMILES string of the molecule is [Pt+2].[c-]1cc2ccccc2cc1-c1cccc(C2(c3cccc(-c4[c-]cc5ccccc5c4)n3)c3ccccc3Oc3ccccc32)n1. The monoisotopic (exact) mass is 781 g/mol. The van der Waals surface area contributed by atoms with Gasteiger partial charge in [-0.25, -0.2) is 0 Å². The second-order valence-corrected chi connectivity index (χ2v) is 11.6. The van der Waals surface area contributed by atoms with Gasteiger partial charge in [0, 0.05) is 11.1 Å². The molecule has 0 fully saturated rings. The van der Waals surface area contributed by atoms with Crippen LogP contribution in [0.25, 0.3) is 44.1 Å². The maximum Gasteiger partial charge on any atom is 2.00 e. The zero-order chi connectivity index (χ0) is 30.5. The molecule has 1 aliphatic rings. The molecule has 0 N–H and O–H groups in total. The third-order valence-electron chi connectivity index (χ3n) is 8.98. The molecule has 3 nitrogen and oxygen atoms in total. The van der Waals surface area contributed by atoms with Crippen molar-refractivity contribution in [3.63, 3.8) is 0 Å². The van der Waals surface area contributed by atoms with Gasteiger partial charge >= 0.3 is 21.1 Å². The summed E-state index contributed by atoms with van der Waals surface area (Å²) < 4.78 is 6.53. The van der Waals surface area contributed by atoms with Crippen molar-refractivity contribution >= 4 is 21.5 Å². The molecule has 224 valence electrons. The summed E-state index contributed by atoms with van der Waals surface area (Å²) in [6.07, 6.45) is 0. The summed E-state index contributed by atoms with van der Waals surface area (Å²) in [5.41, 5.74) is 6.44. The van der Waals surface area contributed by atoms with Crippen molar-refractivity contribution in [3.8, 4) is 34.0 Å². The molecule has 3 heterocycles. The Bertz CT molecular complexity index is 2260. The number of rotatable bonds is 4. The van der Waals surface area contributed by atoms with Crippen molar-refractivity contribution in [2.45, 2.75) is 5.41 Å². The Kier molecular flexibility index (Phi) is 7.28. The molecule has 47 heavy (non-hydrogen) atoms. The van der Waals surface area contributed by atoms with E-state index in [9.17, 15) is 0 Å². The Balaban J connectivity index is 0.00000324. The van der Waals surface area contributed by atoms with Crippen LogP contribution in [0.2, 0.25) is 0 Å². The predicted molar refractivity (Wildman–Crippen MR) is 184 cm³/mol. The number of hydrogen-bond donors (Lipinski definition) is 0. The van der Waals surface area contributed by atoms with Crippen LogP contribution < -0.4 is 4.74 Å². The van der Waals surface area contributed by atoms with E-state index in [0.717, 1.165) is 78.1 Å². The van der Waals surface area contributed by atoms with E-state index in [1.54, 1.807) is 0 Å². The van der Waals surface area contributed by atoms with Crippen LogP contribution in [0.5, 0.6) is 11.5 Å². The van der Waals surface area contributed by atoms with E-state index in [-0.39, 0.29) is 21.1 Å². The van der Waals surface area contributed by atoms with E-state index in [1.165, 1.54) is 0 Å². The summed E-state index contributed by atoms with van der Waals surface area (Å²) in [5, 5.41) is 4.61. The minimum atomic E-state index is -0.856. The summed E-state index contributed by atoms with van der Waals surface area (Å²) in [5.74, 6) is 1.57. The molecule has 0 spiro atoms. The Morgan fingerprint density at radius 3 is 1.36 bits per heavy atom. The number of aromatic nitrogens is 2. The Hall–Kier alpha value is -5.37. The van der Waals surface area contributed by atoms with Crippen LogP contribution in [0.15, 0.2) is 158 Å². The van der Waals surface area contributed by atoms with E-state index < -0.39 is 5.41 Å². The minimum Gasteiger partial charge on any atom is -0.457 e. The third kappa shape index (κ3) is 4.78. The standard InChI is InChI=1S/C43H26N2O.Pt/c1-3-13-31-27-33(25-23-29(31)11-1)37-17-9-21-41(44-37)43(35-15-5-7-19-39(35)46-40-20-8-6-16-36(40)43)42-22-10-18-38(45-42)34-26-24-30-12-2-4-14-32(30)28-34;/h1-24,27-28H;/q-2;+2. The first-order valence-electron chi connectivity index (χ1n) is 15.4. The van der Waals surface area contributed by atoms with Gasteiger partial charge in [0.1, 0.15) is 16.9 Å². The summed E-state index contributed by atoms with van der Waals surface area (Å²) in [6, 6.07) is 61.1. The van der Waals surface area contributed by atoms with Crippen LogP contribution in [-0.4, -0.2) is 9.97 Å². The molecule has 4 heteroatoms. The Morgan fingerprint density at radius 2 is 0.872 bits per heavy atom. The smallest absolute Gasteiger partial charge is 0.457 e. The summed E-state index contributed by atoms with van der Waals surface area (Å²) in [6.45, 7) is 0. The molecule has 0 aliphatic carbocycles. The van der Waals surface area contributed by atoms with Gasteiger partial charge in [-0.1, -0.05) is 120 Å². The molecule has 2 aromatic heterocycles. The predicted octanol–water partition coefficient (Wildman–Crippen LogP) is 10.2. The third-order valence-corrected chi connectivity index (χ3v) is 8.98. The zero-order valence-electron chi connectivity index (χ0n) is 25.1. The molecule has 9 rings (SSSR count). The molecule has 0 radical (unpaired) electrons. The number of nitrogens with zero attached hydrogens (tertiary/aromatic N) is 2. The molecule has 0 unspecified atom stereocenters. The van der Waals surface area contributed by atoms with E-state index in [1.807, 2.05) is 36.4 Å². The molecule has 0 atom stereocenters. The average Bonchev–Trinajstić information content (AvgIpc) is 3.13. The first-order chi connectivity index (χ1) is 22.8. The largest absolute Gasteiger partial charge is 2.00 e. The molecular weight excluding hydrogens is 756 g/mol. The quantitative estimate of drug-likeness (QED) is 0.167. The van der Waals surface area contributed by atoms with E-state index in [0.29, 0.717) is 0 Å². The number of ether oxygens (including phenoxy) is 1. The van der Waals surface area contributed by atoms with Gasteiger partial charge in [-0.05, 0) is 35.7 Å². The van der Waals surface area contributed by atoms with E-state index >= 15 is 0 Å². The van der Waals surface area contributed by atoms with Gasteiger partial charge < -0.3 is 4.74 Å². The normalized spacial score (nSPS) is 12.9. The first-order valence-corrected chi connectivity index (χ1v) is 15.4. The molecule has 0 amide bonds. The fraction of sp³-hybridized carbons (Fsp3) is 0.0233. The first kappa shape index (κ1) is 29.1. The summed E-state index contributed by atoms with van der Waals surface area (Å²) in [7, 11) is 0. The number of fused-ring (bicyclic) bond motifs is 4. The molecule has 1 aliphatic heterocycles. The molecule has 0 bridgehead atoms. The van der Waals surface area contributed by atoms with E-state index in [2.05, 4.69) is 133 Å². The van der Waals surface area contributed by atoms with Gasteiger partial charge in [0.05, 0.1) is 11.4 Å². The van der Waals surface area contributed by atoms with Crippen LogP contribution >= 0.6 is 0 Å². The topological polar surface area (TPSA) is 35.0 Å². The van der Waals surface area contributed by atoms with Crippen molar-refractivity contribution in [3.05, 3.63) is 192 Å². The van der Waals surface area contributed by atoms with Crippen LogP contribution in [0.3, 0.4) is 0 Å². The maximum atomic E-state index is 6.53. The van der Waals surface area contributed by atoms with Gasteiger partial charge in [-0.15, -0.1) is 58.3 Å². The fourth-order valence-electron chi connectivity index (χ4n) is 6.81. The second-order valence-electron chi connectivity index (χ2n) is 11.6. The molecular formula is C43H26N2OPt. The molecule has 8 aromatic rings. The minimum absolute atomic E-state index is 0. The maximum absolute atomic E-state index is 6.53. The van der Waals surface area contributed by atoms with Gasteiger partial charge in [-0.3, -0.25) is 9.97 Å². The van der Waals surface area contributed by atoms with Crippen molar-refractivity contribution < 1.29 is 25.8 Å². The van der Waals surface area contributed by atoms with Gasteiger partial charge in [-0.2, -0.15) is 0 Å². The average molecular weight is 782 g/mol. The summed E-state index contributed by atoms with van der Waals surface area (Å²) in [4.78, 5) is 10.9. The number of para-hydroxylation sites is 2. The van der Waals surface area contributed by atoms with Gasteiger partial charge in [0.25, 0.3) is 0 Å². The molecule has 6 aromatic carbocycles. The van der Waals surface area contributed by atoms with Crippen LogP contribution in [0.4, 0.5) is 0 Å². The van der Waals surface area contributed by atoms with Crippen LogP contribution in [0, 0.1) is 12.1 Å². The fourth-order valence-corrected chi connectivity index (χ4v) is 6.81. The summed E-state index contributed by atoms with van der Waals surface area (Å²) >= 11 is 0. The second kappa shape index (κ2) is 11.8. The number of hydrogen-bond acceptors (Lipinski definition) is 3.